The molecule has 0 spiro atoms. The first-order valence-corrected chi connectivity index (χ1v) is 28.6. The highest BCUT2D eigenvalue weighted by molar-refractivity contribution is 7.80. The van der Waals surface area contributed by atoms with E-state index in [9.17, 15) is 33.1 Å². The van der Waals surface area contributed by atoms with Crippen molar-refractivity contribution < 1.29 is 56.2 Å². The van der Waals surface area contributed by atoms with E-state index in [0.717, 1.165) is 70.6 Å². The number of carbonyl (C=O) groups excluding carboxylic acids is 1. The number of aliphatic hydroxyl groups excluding tert-OH is 3. The van der Waals surface area contributed by atoms with Crippen LogP contribution in [0.1, 0.15) is 213 Å². The molecule has 400 valence electrons. The van der Waals surface area contributed by atoms with Crippen LogP contribution >= 0.6 is 0 Å². The molecule has 0 aromatic carbocycles. The zero-order chi connectivity index (χ0) is 50.3. The summed E-state index contributed by atoms with van der Waals surface area (Å²) in [7, 11) is -5.08. The van der Waals surface area contributed by atoms with Crippen molar-refractivity contribution in [3.05, 3.63) is 72.9 Å². The van der Waals surface area contributed by atoms with Crippen LogP contribution in [-0.4, -0.2) is 97.5 Å². The van der Waals surface area contributed by atoms with Gasteiger partial charge in [0.25, 0.3) is 0 Å². The molecule has 6 atom stereocenters. The average Bonchev–Trinajstić information content (AvgIpc) is 3.32. The van der Waals surface area contributed by atoms with E-state index in [1.807, 2.05) is 0 Å². The van der Waals surface area contributed by atoms with Crippen LogP contribution in [0.4, 0.5) is 0 Å². The van der Waals surface area contributed by atoms with Crippen molar-refractivity contribution in [1.82, 2.24) is 0 Å². The minimum atomic E-state index is -5.08. The van der Waals surface area contributed by atoms with Gasteiger partial charge in [0.2, 0.25) is 0 Å². The molecule has 0 aliphatic carbocycles. The molecular formula is C56H98O12S. The van der Waals surface area contributed by atoms with Crippen LogP contribution in [0.25, 0.3) is 0 Å². The summed E-state index contributed by atoms with van der Waals surface area (Å²) >= 11 is 0. The lowest BCUT2D eigenvalue weighted by Gasteiger charge is -2.41. The minimum Gasteiger partial charge on any atom is -0.457 e. The number of ether oxygens (including phenoxy) is 4. The maximum Gasteiger partial charge on any atom is 0.397 e. The molecule has 1 rings (SSSR count). The Bertz CT molecular complexity index is 1470. The largest absolute Gasteiger partial charge is 0.457 e. The second-order valence-corrected chi connectivity index (χ2v) is 19.5. The molecule has 69 heavy (non-hydrogen) atoms. The summed E-state index contributed by atoms with van der Waals surface area (Å²) in [4.78, 5) is 12.9. The number of hydrogen-bond donors (Lipinski definition) is 4. The predicted molar refractivity (Wildman–Crippen MR) is 280 cm³/mol. The Labute approximate surface area is 420 Å². The Balaban J connectivity index is 2.37. The first-order valence-electron chi connectivity index (χ1n) is 27.2. The highest BCUT2D eigenvalue weighted by Crippen LogP contribution is 2.26. The molecule has 1 aliphatic heterocycles. The highest BCUT2D eigenvalue weighted by Gasteiger charge is 2.48. The van der Waals surface area contributed by atoms with E-state index < -0.39 is 59.8 Å². The molecule has 13 heteroatoms. The van der Waals surface area contributed by atoms with Crippen molar-refractivity contribution in [3.8, 4) is 0 Å². The lowest BCUT2D eigenvalue weighted by atomic mass is 9.99. The Kier molecular flexibility index (Phi) is 43.6. The van der Waals surface area contributed by atoms with E-state index >= 15 is 0 Å². The number of carbonyl (C=O) groups is 1. The molecule has 0 bridgehead atoms. The zero-order valence-corrected chi connectivity index (χ0v) is 43.9. The van der Waals surface area contributed by atoms with Crippen molar-refractivity contribution in [1.29, 1.82) is 0 Å². The van der Waals surface area contributed by atoms with Crippen LogP contribution in [0.3, 0.4) is 0 Å². The van der Waals surface area contributed by atoms with Gasteiger partial charge in [-0.2, -0.15) is 8.42 Å². The fraction of sp³-hybridized carbons (Fsp3) is 0.768. The molecule has 0 aromatic heterocycles. The van der Waals surface area contributed by atoms with E-state index in [-0.39, 0.29) is 19.6 Å². The number of hydrogen-bond acceptors (Lipinski definition) is 11. The summed E-state index contributed by atoms with van der Waals surface area (Å²) in [6.07, 6.45) is 52.2. The van der Waals surface area contributed by atoms with Gasteiger partial charge in [-0.1, -0.05) is 215 Å². The molecule has 1 fully saturated rings. The number of esters is 1. The van der Waals surface area contributed by atoms with Crippen LogP contribution in [0, 0.1) is 0 Å². The molecule has 0 amide bonds. The van der Waals surface area contributed by atoms with Crippen molar-refractivity contribution in [2.24, 2.45) is 0 Å². The zero-order valence-electron chi connectivity index (χ0n) is 43.1. The highest BCUT2D eigenvalue weighted by atomic mass is 32.3. The maximum atomic E-state index is 12.9. The molecule has 4 N–H and O–H groups in total. The van der Waals surface area contributed by atoms with Crippen LogP contribution in [0.15, 0.2) is 72.9 Å². The van der Waals surface area contributed by atoms with E-state index in [1.165, 1.54) is 116 Å². The monoisotopic (exact) mass is 995 g/mol. The van der Waals surface area contributed by atoms with Crippen LogP contribution in [0.5, 0.6) is 0 Å². The smallest absolute Gasteiger partial charge is 0.397 e. The third-order valence-corrected chi connectivity index (χ3v) is 12.6. The van der Waals surface area contributed by atoms with Gasteiger partial charge in [0.15, 0.2) is 6.29 Å². The number of unbranched alkanes of at least 4 members (excludes halogenated alkanes) is 22. The van der Waals surface area contributed by atoms with Gasteiger partial charge in [-0.05, 0) is 64.2 Å². The third kappa shape index (κ3) is 39.8. The maximum absolute atomic E-state index is 12.9. The normalized spacial score (nSPS) is 19.8. The van der Waals surface area contributed by atoms with E-state index in [4.69, 9.17) is 18.9 Å². The Morgan fingerprint density at radius 2 is 1.00 bits per heavy atom. The molecule has 1 heterocycles. The minimum absolute atomic E-state index is 0.0172. The van der Waals surface area contributed by atoms with Gasteiger partial charge in [-0.3, -0.25) is 9.35 Å². The molecule has 12 nitrogen and oxygen atoms in total. The molecule has 1 aliphatic rings. The first-order chi connectivity index (χ1) is 33.6. The molecule has 6 unspecified atom stereocenters. The van der Waals surface area contributed by atoms with E-state index in [0.29, 0.717) is 13.0 Å². The first kappa shape index (κ1) is 64.6. The van der Waals surface area contributed by atoms with E-state index in [1.54, 1.807) is 0 Å². The summed E-state index contributed by atoms with van der Waals surface area (Å²) < 4.78 is 59.3. The number of aliphatic hydroxyl groups is 3. The Morgan fingerprint density at radius 3 is 1.43 bits per heavy atom. The summed E-state index contributed by atoms with van der Waals surface area (Å²) in [6, 6.07) is 0. The number of allylic oxidation sites excluding steroid dienone is 12. The van der Waals surface area contributed by atoms with Crippen molar-refractivity contribution in [2.45, 2.75) is 250 Å². The Morgan fingerprint density at radius 1 is 0.565 bits per heavy atom. The van der Waals surface area contributed by atoms with Crippen molar-refractivity contribution >= 4 is 16.4 Å². The lowest BCUT2D eigenvalue weighted by molar-refractivity contribution is -0.301. The van der Waals surface area contributed by atoms with Crippen LogP contribution in [-0.2, 0) is 38.3 Å². The average molecular weight is 995 g/mol. The summed E-state index contributed by atoms with van der Waals surface area (Å²) in [6.45, 7) is 3.85. The summed E-state index contributed by atoms with van der Waals surface area (Å²) in [5, 5.41) is 30.8. The SMILES string of the molecule is CC/C=C\C/C=C\C/C=C\C/C=C\C/C=C\C/C=C\CCCCC(=O)OC(COCCCCCCCCCCCCCCCCCCCCCCC)COC1OC(CO)C(O)C(OS(=O)(=O)O)C1O. The van der Waals surface area contributed by atoms with Gasteiger partial charge < -0.3 is 34.3 Å². The van der Waals surface area contributed by atoms with Crippen molar-refractivity contribution in [3.63, 3.8) is 0 Å². The fourth-order valence-corrected chi connectivity index (χ4v) is 8.54. The van der Waals surface area contributed by atoms with Gasteiger partial charge in [0.1, 0.15) is 30.5 Å². The summed E-state index contributed by atoms with van der Waals surface area (Å²) in [5.74, 6) is -0.439. The molecular weight excluding hydrogens is 897 g/mol. The lowest BCUT2D eigenvalue weighted by Crippen LogP contribution is -2.60. The Hall–Kier alpha value is -2.46. The van der Waals surface area contributed by atoms with Gasteiger partial charge >= 0.3 is 16.4 Å². The van der Waals surface area contributed by atoms with Gasteiger partial charge in [-0.25, -0.2) is 4.18 Å². The van der Waals surface area contributed by atoms with Crippen molar-refractivity contribution in [2.75, 3.05) is 26.4 Å². The summed E-state index contributed by atoms with van der Waals surface area (Å²) in [5.41, 5.74) is 0. The predicted octanol–water partition coefficient (Wildman–Crippen LogP) is 13.0. The second-order valence-electron chi connectivity index (χ2n) is 18.4. The molecule has 1 saturated heterocycles. The van der Waals surface area contributed by atoms with Crippen LogP contribution in [0.2, 0.25) is 0 Å². The third-order valence-electron chi connectivity index (χ3n) is 12.1. The molecule has 0 saturated carbocycles. The van der Waals surface area contributed by atoms with Gasteiger partial charge in [-0.15, -0.1) is 0 Å². The second kappa shape index (κ2) is 46.6. The van der Waals surface area contributed by atoms with E-state index in [2.05, 4.69) is 90.9 Å². The van der Waals surface area contributed by atoms with Gasteiger partial charge in [0, 0.05) is 13.0 Å². The standard InChI is InChI=1S/C56H98O12S/c1-3-5-7-9-11-13-15-17-19-21-23-25-27-29-31-33-35-37-39-41-43-45-52(58)66-50(49-65-56-54(60)55(68-69(61,62)63)53(59)51(47-57)67-56)48-64-46-44-42-40-38-36-34-32-30-28-26-24-22-20-18-16-14-12-10-8-6-4-2/h5,7,11,13,17,19,23,25,29,31,35,37,50-51,53-57,59-60H,3-4,6,8-10,12,14-16,18,20-22,24,26-28,30,32-34,36,38-49H2,1-2H3,(H,61,62,63)/b7-5-,13-11-,19-17-,25-23-,31-29-,37-35-. The van der Waals surface area contributed by atoms with Crippen LogP contribution < -0.4 is 0 Å². The molecule has 0 radical (unpaired) electrons. The molecule has 0 aromatic rings. The topological polar surface area (TPSA) is 178 Å². The van der Waals surface area contributed by atoms with Gasteiger partial charge in [0.05, 0.1) is 19.8 Å². The quantitative estimate of drug-likeness (QED) is 0.0197. The number of rotatable bonds is 47. The fourth-order valence-electron chi connectivity index (χ4n) is 8.03.